The molecular weight excluding hydrogens is 591 g/mol. The number of amides is 2. The fraction of sp³-hybridized carbons (Fsp3) is 0.148. The first kappa shape index (κ1) is 26.7. The van der Waals surface area contributed by atoms with Crippen LogP contribution in [0.25, 0.3) is 5.69 Å². The number of rotatable bonds is 7. The van der Waals surface area contributed by atoms with Crippen LogP contribution in [0.4, 0.5) is 10.1 Å². The molecule has 0 saturated carbocycles. The van der Waals surface area contributed by atoms with Crippen LogP contribution in [0.1, 0.15) is 35.8 Å². The number of benzene rings is 3. The van der Waals surface area contributed by atoms with E-state index in [1.54, 1.807) is 42.5 Å². The van der Waals surface area contributed by atoms with Gasteiger partial charge in [0.1, 0.15) is 23.3 Å². The van der Waals surface area contributed by atoms with E-state index in [1.807, 2.05) is 6.07 Å². The summed E-state index contributed by atoms with van der Waals surface area (Å²) in [4.78, 5) is 25.2. The first-order chi connectivity index (χ1) is 18.8. The molecule has 2 heterocycles. The van der Waals surface area contributed by atoms with Gasteiger partial charge in [0.15, 0.2) is 0 Å². The Labute approximate surface area is 236 Å². The summed E-state index contributed by atoms with van der Waals surface area (Å²) in [7, 11) is 0. The van der Waals surface area contributed by atoms with Gasteiger partial charge in [-0.05, 0) is 54.1 Å². The molecule has 4 aromatic rings. The molecule has 2 N–H and O–H groups in total. The molecule has 12 heteroatoms. The number of nitrogens with zero attached hydrogens (tertiary/aromatic N) is 5. The standard InChI is InChI=1S/C27H21BrClFN6O3/c28-17-4-7-19(8-5-17)36-25(37)11-10-23(33-36)27(39)31-14-16-2-1-3-20(12-16)35-15-24(32-34-35)26(38)21-9-6-18(29)13-22(21)30/h1-9,12-13,15,26,38H,10-11,14H2,(H,31,39). The van der Waals surface area contributed by atoms with Gasteiger partial charge in [-0.1, -0.05) is 50.9 Å². The van der Waals surface area contributed by atoms with Crippen molar-refractivity contribution in [3.8, 4) is 5.69 Å². The Morgan fingerprint density at radius 1 is 1.10 bits per heavy atom. The van der Waals surface area contributed by atoms with Crippen molar-refractivity contribution in [2.45, 2.75) is 25.5 Å². The maximum absolute atomic E-state index is 14.2. The summed E-state index contributed by atoms with van der Waals surface area (Å²) in [5.74, 6) is -1.20. The van der Waals surface area contributed by atoms with E-state index in [-0.39, 0.29) is 53.2 Å². The zero-order chi connectivity index (χ0) is 27.5. The highest BCUT2D eigenvalue weighted by Crippen LogP contribution is 2.26. The van der Waals surface area contributed by atoms with E-state index in [4.69, 9.17) is 11.6 Å². The Morgan fingerprint density at radius 2 is 1.90 bits per heavy atom. The van der Waals surface area contributed by atoms with Crippen LogP contribution in [0.3, 0.4) is 0 Å². The maximum Gasteiger partial charge on any atom is 0.267 e. The number of anilines is 1. The number of hydrogen-bond acceptors (Lipinski definition) is 6. The van der Waals surface area contributed by atoms with Crippen LogP contribution < -0.4 is 10.3 Å². The Hall–Kier alpha value is -3.93. The molecule has 9 nitrogen and oxygen atoms in total. The number of carbonyl (C=O) groups is 2. The number of hydrazone groups is 1. The average Bonchev–Trinajstić information content (AvgIpc) is 3.43. The molecule has 0 radical (unpaired) electrons. The Kier molecular flexibility index (Phi) is 7.82. The summed E-state index contributed by atoms with van der Waals surface area (Å²) in [5.41, 5.74) is 2.45. The lowest BCUT2D eigenvalue weighted by Crippen LogP contribution is -2.38. The smallest absolute Gasteiger partial charge is 0.267 e. The third-order valence-electron chi connectivity index (χ3n) is 6.04. The van der Waals surface area contributed by atoms with Gasteiger partial charge in [-0.3, -0.25) is 9.59 Å². The lowest BCUT2D eigenvalue weighted by Gasteiger charge is -2.23. The molecular formula is C27H21BrClFN6O3. The van der Waals surface area contributed by atoms with Gasteiger partial charge in [0.25, 0.3) is 5.91 Å². The second-order valence-electron chi connectivity index (χ2n) is 8.74. The van der Waals surface area contributed by atoms with Crippen molar-refractivity contribution >= 4 is 50.7 Å². The number of nitrogens with one attached hydrogen (secondary N) is 1. The summed E-state index contributed by atoms with van der Waals surface area (Å²) in [6.07, 6.45) is 0.605. The summed E-state index contributed by atoms with van der Waals surface area (Å²) < 4.78 is 16.5. The van der Waals surface area contributed by atoms with E-state index in [9.17, 15) is 19.1 Å². The van der Waals surface area contributed by atoms with Crippen LogP contribution in [0.15, 0.2) is 82.5 Å². The average molecular weight is 612 g/mol. The van der Waals surface area contributed by atoms with Crippen LogP contribution in [0.5, 0.6) is 0 Å². The molecule has 1 aliphatic rings. The lowest BCUT2D eigenvalue weighted by atomic mass is 10.1. The molecule has 39 heavy (non-hydrogen) atoms. The lowest BCUT2D eigenvalue weighted by molar-refractivity contribution is -0.119. The van der Waals surface area contributed by atoms with E-state index < -0.39 is 11.9 Å². The Bertz CT molecular complexity index is 1580. The molecule has 198 valence electrons. The van der Waals surface area contributed by atoms with Gasteiger partial charge in [0.2, 0.25) is 5.91 Å². The summed E-state index contributed by atoms with van der Waals surface area (Å²) in [5, 5.41) is 27.2. The maximum atomic E-state index is 14.2. The van der Waals surface area contributed by atoms with Crippen LogP contribution in [0, 0.1) is 5.82 Å². The number of aliphatic hydroxyl groups excluding tert-OH is 1. The van der Waals surface area contributed by atoms with Gasteiger partial charge >= 0.3 is 0 Å². The summed E-state index contributed by atoms with van der Waals surface area (Å²) >= 11 is 9.16. The molecule has 1 aliphatic heterocycles. The van der Waals surface area contributed by atoms with Crippen LogP contribution >= 0.6 is 27.5 Å². The van der Waals surface area contributed by atoms with E-state index in [0.717, 1.165) is 16.1 Å². The highest BCUT2D eigenvalue weighted by atomic mass is 79.9. The predicted molar refractivity (Wildman–Crippen MR) is 147 cm³/mol. The number of carbonyl (C=O) groups excluding carboxylic acids is 2. The molecule has 5 rings (SSSR count). The molecule has 0 fully saturated rings. The van der Waals surface area contributed by atoms with E-state index >= 15 is 0 Å². The number of aromatic nitrogens is 3. The van der Waals surface area contributed by atoms with E-state index in [2.05, 4.69) is 36.7 Å². The molecule has 0 bridgehead atoms. The van der Waals surface area contributed by atoms with Crippen molar-refractivity contribution in [3.63, 3.8) is 0 Å². The highest BCUT2D eigenvalue weighted by Gasteiger charge is 2.25. The minimum atomic E-state index is -1.32. The highest BCUT2D eigenvalue weighted by molar-refractivity contribution is 9.10. The van der Waals surface area contributed by atoms with Crippen molar-refractivity contribution < 1.29 is 19.1 Å². The molecule has 1 atom stereocenters. The van der Waals surface area contributed by atoms with Crippen LogP contribution in [0.2, 0.25) is 5.02 Å². The fourth-order valence-corrected chi connectivity index (χ4v) is 4.43. The quantitative estimate of drug-likeness (QED) is 0.315. The topological polar surface area (TPSA) is 113 Å². The SMILES string of the molecule is O=C(NCc1cccc(-n2cc(C(O)c3ccc(Cl)cc3F)nn2)c1)C1=NN(c2ccc(Br)cc2)C(=O)CC1. The third-order valence-corrected chi connectivity index (χ3v) is 6.81. The largest absolute Gasteiger partial charge is 0.382 e. The van der Waals surface area contributed by atoms with Crippen molar-refractivity contribution in [2.75, 3.05) is 5.01 Å². The molecule has 0 spiro atoms. The van der Waals surface area contributed by atoms with Gasteiger partial charge in [-0.25, -0.2) is 14.1 Å². The van der Waals surface area contributed by atoms with Crippen molar-refractivity contribution in [2.24, 2.45) is 5.10 Å². The van der Waals surface area contributed by atoms with E-state index in [0.29, 0.717) is 11.4 Å². The first-order valence-electron chi connectivity index (χ1n) is 11.9. The zero-order valence-corrected chi connectivity index (χ0v) is 22.6. The number of hydrogen-bond donors (Lipinski definition) is 2. The normalized spacial score (nSPS) is 14.2. The molecule has 1 aromatic heterocycles. The second-order valence-corrected chi connectivity index (χ2v) is 10.1. The van der Waals surface area contributed by atoms with Gasteiger partial charge in [-0.15, -0.1) is 5.10 Å². The molecule has 1 unspecified atom stereocenters. The van der Waals surface area contributed by atoms with Gasteiger partial charge in [0, 0.05) is 34.4 Å². The van der Waals surface area contributed by atoms with E-state index in [1.165, 1.54) is 28.0 Å². The minimum absolute atomic E-state index is 0.0361. The first-order valence-corrected chi connectivity index (χ1v) is 13.0. The molecule has 0 aliphatic carbocycles. The third kappa shape index (κ3) is 6.06. The fourth-order valence-electron chi connectivity index (χ4n) is 4.00. The minimum Gasteiger partial charge on any atom is -0.382 e. The van der Waals surface area contributed by atoms with Gasteiger partial charge < -0.3 is 10.4 Å². The van der Waals surface area contributed by atoms with Crippen LogP contribution in [-0.4, -0.2) is 37.6 Å². The predicted octanol–water partition coefficient (Wildman–Crippen LogP) is 4.70. The summed E-state index contributed by atoms with van der Waals surface area (Å²) in [6, 6.07) is 18.3. The zero-order valence-electron chi connectivity index (χ0n) is 20.3. The summed E-state index contributed by atoms with van der Waals surface area (Å²) in [6.45, 7) is 0.206. The van der Waals surface area contributed by atoms with Crippen molar-refractivity contribution in [1.29, 1.82) is 0 Å². The Morgan fingerprint density at radius 3 is 2.67 bits per heavy atom. The van der Waals surface area contributed by atoms with Crippen molar-refractivity contribution in [3.05, 3.63) is 105 Å². The molecule has 3 aromatic carbocycles. The molecule has 2 amide bonds. The number of aliphatic hydroxyl groups is 1. The van der Waals surface area contributed by atoms with Crippen molar-refractivity contribution in [1.82, 2.24) is 20.3 Å². The second kappa shape index (κ2) is 11.4. The monoisotopic (exact) mass is 610 g/mol. The van der Waals surface area contributed by atoms with Crippen LogP contribution in [-0.2, 0) is 16.1 Å². The van der Waals surface area contributed by atoms with Gasteiger partial charge in [0.05, 0.1) is 17.6 Å². The Balaban J connectivity index is 1.26. The molecule has 0 saturated heterocycles. The number of halogens is 3. The van der Waals surface area contributed by atoms with Gasteiger partial charge in [-0.2, -0.15) is 5.10 Å².